The van der Waals surface area contributed by atoms with Crippen LogP contribution in [0, 0.1) is 0 Å². The second-order valence-corrected chi connectivity index (χ2v) is 7.61. The molecule has 0 saturated carbocycles. The smallest absolute Gasteiger partial charge is 0.408 e. The van der Waals surface area contributed by atoms with Gasteiger partial charge in [-0.05, 0) is 38.8 Å². The molecule has 1 aromatic carbocycles. The number of amides is 4. The summed E-state index contributed by atoms with van der Waals surface area (Å²) in [6, 6.07) is 7.40. The minimum absolute atomic E-state index is 0.115. The molecule has 0 radical (unpaired) electrons. The van der Waals surface area contributed by atoms with Crippen LogP contribution in [0.5, 0.6) is 0 Å². The summed E-state index contributed by atoms with van der Waals surface area (Å²) in [5.41, 5.74) is 5.30. The first-order valence-electron chi connectivity index (χ1n) is 8.67. The monoisotopic (exact) mass is 410 g/mol. The van der Waals surface area contributed by atoms with Gasteiger partial charge in [-0.2, -0.15) is 0 Å². The maximum Gasteiger partial charge on any atom is 0.408 e. The van der Waals surface area contributed by atoms with Crippen molar-refractivity contribution in [3.05, 3.63) is 29.8 Å². The minimum Gasteiger partial charge on any atom is -0.444 e. The second kappa shape index (κ2) is 11.2. The van der Waals surface area contributed by atoms with Gasteiger partial charge in [0.25, 0.3) is 11.1 Å². The Morgan fingerprint density at radius 2 is 1.71 bits per heavy atom. The summed E-state index contributed by atoms with van der Waals surface area (Å²) in [6.45, 7) is 6.70. The SMILES string of the molecule is CCc1ccccc1NC(=O)CSC(=O)NNC(=O)CNC(=O)OC(C)(C)C. The first kappa shape index (κ1) is 23.3. The topological polar surface area (TPSA) is 126 Å². The van der Waals surface area contributed by atoms with Gasteiger partial charge in [0.15, 0.2) is 0 Å². The molecule has 4 N–H and O–H groups in total. The zero-order chi connectivity index (χ0) is 21.2. The highest BCUT2D eigenvalue weighted by Gasteiger charge is 2.17. The number of benzene rings is 1. The van der Waals surface area contributed by atoms with E-state index in [-0.39, 0.29) is 18.2 Å². The average molecular weight is 410 g/mol. The number of aryl methyl sites for hydroxylation is 1. The number of hydrazine groups is 1. The van der Waals surface area contributed by atoms with Crippen molar-refractivity contribution in [2.75, 3.05) is 17.6 Å². The highest BCUT2D eigenvalue weighted by Crippen LogP contribution is 2.15. The Hall–Kier alpha value is -2.75. The van der Waals surface area contributed by atoms with E-state index in [2.05, 4.69) is 21.5 Å². The van der Waals surface area contributed by atoms with Gasteiger partial charge in [-0.3, -0.25) is 25.2 Å². The molecule has 9 nitrogen and oxygen atoms in total. The van der Waals surface area contributed by atoms with Crippen molar-refractivity contribution in [3.63, 3.8) is 0 Å². The third-order valence-electron chi connectivity index (χ3n) is 3.10. The normalized spacial score (nSPS) is 10.6. The standard InChI is InChI=1S/C18H26N4O5S/c1-5-12-8-6-7-9-13(12)20-15(24)11-28-17(26)22-21-14(23)10-19-16(25)27-18(2,3)4/h6-9H,5,10-11H2,1-4H3,(H,19,25)(H,20,24)(H,21,23)(H,22,26). The minimum atomic E-state index is -0.743. The molecule has 0 heterocycles. The first-order chi connectivity index (χ1) is 13.1. The van der Waals surface area contributed by atoms with Crippen LogP contribution >= 0.6 is 11.8 Å². The van der Waals surface area contributed by atoms with Gasteiger partial charge in [0.05, 0.1) is 5.75 Å². The van der Waals surface area contributed by atoms with Gasteiger partial charge in [0.1, 0.15) is 12.1 Å². The average Bonchev–Trinajstić information content (AvgIpc) is 2.62. The van der Waals surface area contributed by atoms with Crippen molar-refractivity contribution in [2.45, 2.75) is 39.7 Å². The van der Waals surface area contributed by atoms with Gasteiger partial charge in [0, 0.05) is 5.69 Å². The zero-order valence-corrected chi connectivity index (χ0v) is 17.2. The largest absolute Gasteiger partial charge is 0.444 e. The Labute approximate surface area is 168 Å². The molecule has 0 unspecified atom stereocenters. The lowest BCUT2D eigenvalue weighted by Crippen LogP contribution is -2.46. The Kier molecular flexibility index (Phi) is 9.29. The van der Waals surface area contributed by atoms with E-state index in [1.807, 2.05) is 25.1 Å². The molecule has 10 heteroatoms. The van der Waals surface area contributed by atoms with Gasteiger partial charge >= 0.3 is 6.09 Å². The van der Waals surface area contributed by atoms with E-state index in [1.54, 1.807) is 26.8 Å². The highest BCUT2D eigenvalue weighted by molar-refractivity contribution is 8.14. The number of nitrogens with one attached hydrogen (secondary N) is 4. The van der Waals surface area contributed by atoms with E-state index in [9.17, 15) is 19.2 Å². The summed E-state index contributed by atoms with van der Waals surface area (Å²) in [5.74, 6) is -1.09. The van der Waals surface area contributed by atoms with Gasteiger partial charge in [-0.25, -0.2) is 4.79 Å². The van der Waals surface area contributed by atoms with E-state index >= 15 is 0 Å². The maximum absolute atomic E-state index is 12.0. The molecule has 0 atom stereocenters. The Balaban J connectivity index is 2.26. The molecular formula is C18H26N4O5S. The number of thioether (sulfide) groups is 1. The van der Waals surface area contributed by atoms with Crippen molar-refractivity contribution < 1.29 is 23.9 Å². The third kappa shape index (κ3) is 9.81. The van der Waals surface area contributed by atoms with Crippen LogP contribution in [0.25, 0.3) is 0 Å². The summed E-state index contributed by atoms with van der Waals surface area (Å²) < 4.78 is 4.98. The number of carbonyl (C=O) groups is 4. The lowest BCUT2D eigenvalue weighted by molar-refractivity contribution is -0.121. The van der Waals surface area contributed by atoms with Crippen LogP contribution in [0.4, 0.5) is 15.3 Å². The van der Waals surface area contributed by atoms with Crippen molar-refractivity contribution >= 4 is 40.6 Å². The molecule has 0 spiro atoms. The van der Waals surface area contributed by atoms with Crippen molar-refractivity contribution in [2.24, 2.45) is 0 Å². The third-order valence-corrected chi connectivity index (χ3v) is 3.87. The van der Waals surface area contributed by atoms with Gasteiger partial charge in [-0.15, -0.1) is 0 Å². The quantitative estimate of drug-likeness (QED) is 0.533. The number of alkyl carbamates (subject to hydrolysis) is 1. The molecule has 0 bridgehead atoms. The molecule has 0 aliphatic heterocycles. The number of ether oxygens (including phenoxy) is 1. The molecule has 154 valence electrons. The number of carbonyl (C=O) groups excluding carboxylic acids is 4. The Bertz CT molecular complexity index is 718. The van der Waals surface area contributed by atoms with E-state index in [0.717, 1.165) is 12.0 Å². The van der Waals surface area contributed by atoms with Crippen LogP contribution in [0.3, 0.4) is 0 Å². The molecule has 0 aliphatic carbocycles. The van der Waals surface area contributed by atoms with E-state index in [4.69, 9.17) is 4.74 Å². The van der Waals surface area contributed by atoms with Crippen molar-refractivity contribution in [1.82, 2.24) is 16.2 Å². The Morgan fingerprint density at radius 1 is 1.04 bits per heavy atom. The predicted molar refractivity (Wildman–Crippen MR) is 108 cm³/mol. The summed E-state index contributed by atoms with van der Waals surface area (Å²) in [7, 11) is 0. The molecule has 1 aromatic rings. The summed E-state index contributed by atoms with van der Waals surface area (Å²) in [5, 5.41) is 4.39. The van der Waals surface area contributed by atoms with Crippen LogP contribution < -0.4 is 21.5 Å². The fourth-order valence-corrected chi connectivity index (χ4v) is 2.39. The molecule has 0 aromatic heterocycles. The summed E-state index contributed by atoms with van der Waals surface area (Å²) in [6.07, 6.45) is 0.0281. The van der Waals surface area contributed by atoms with E-state index < -0.39 is 22.8 Å². The second-order valence-electron chi connectivity index (χ2n) is 6.66. The van der Waals surface area contributed by atoms with Crippen molar-refractivity contribution in [3.8, 4) is 0 Å². The van der Waals surface area contributed by atoms with Crippen LogP contribution in [-0.4, -0.2) is 41.0 Å². The van der Waals surface area contributed by atoms with Gasteiger partial charge < -0.3 is 15.4 Å². The summed E-state index contributed by atoms with van der Waals surface area (Å²) >= 11 is 0.703. The first-order valence-corrected chi connectivity index (χ1v) is 9.65. The highest BCUT2D eigenvalue weighted by atomic mass is 32.2. The van der Waals surface area contributed by atoms with Gasteiger partial charge in [-0.1, -0.05) is 36.9 Å². The van der Waals surface area contributed by atoms with E-state index in [1.165, 1.54) is 0 Å². The summed E-state index contributed by atoms with van der Waals surface area (Å²) in [4.78, 5) is 46.7. The molecule has 0 saturated heterocycles. The lowest BCUT2D eigenvalue weighted by atomic mass is 10.1. The van der Waals surface area contributed by atoms with E-state index in [0.29, 0.717) is 17.4 Å². The fourth-order valence-electron chi connectivity index (χ4n) is 1.94. The fraction of sp³-hybridized carbons (Fsp3) is 0.444. The molecule has 4 amide bonds. The van der Waals surface area contributed by atoms with Crippen LogP contribution in [0.15, 0.2) is 24.3 Å². The van der Waals surface area contributed by atoms with Crippen LogP contribution in [-0.2, 0) is 20.7 Å². The Morgan fingerprint density at radius 3 is 2.36 bits per heavy atom. The number of hydrogen-bond acceptors (Lipinski definition) is 6. The molecule has 28 heavy (non-hydrogen) atoms. The maximum atomic E-state index is 12.0. The van der Waals surface area contributed by atoms with Gasteiger partial charge in [0.2, 0.25) is 5.91 Å². The molecular weight excluding hydrogens is 384 g/mol. The van der Waals surface area contributed by atoms with Crippen LogP contribution in [0.1, 0.15) is 33.3 Å². The number of anilines is 1. The van der Waals surface area contributed by atoms with Crippen LogP contribution in [0.2, 0.25) is 0 Å². The number of para-hydroxylation sites is 1. The zero-order valence-electron chi connectivity index (χ0n) is 16.4. The van der Waals surface area contributed by atoms with Crippen molar-refractivity contribution in [1.29, 1.82) is 0 Å². The lowest BCUT2D eigenvalue weighted by Gasteiger charge is -2.19. The molecule has 0 fully saturated rings. The number of hydrogen-bond donors (Lipinski definition) is 4. The molecule has 0 aliphatic rings. The molecule has 1 rings (SSSR count). The number of rotatable bonds is 6. The predicted octanol–water partition coefficient (Wildman–Crippen LogP) is 2.19.